The highest BCUT2D eigenvalue weighted by atomic mass is 15.0. The van der Waals surface area contributed by atoms with Crippen LogP contribution in [0.4, 0.5) is 0 Å². The fourth-order valence-corrected chi connectivity index (χ4v) is 7.34. The van der Waals surface area contributed by atoms with Crippen LogP contribution in [-0.4, -0.2) is 9.13 Å². The second-order valence-electron chi connectivity index (χ2n) is 12.0. The normalized spacial score (nSPS) is 11.3. The third-order valence-corrected chi connectivity index (χ3v) is 9.39. The molecule has 0 saturated heterocycles. The fraction of sp³-hybridized carbons (Fsp3) is 0. The minimum atomic E-state index is 0.633. The van der Waals surface area contributed by atoms with E-state index in [0.717, 1.165) is 66.5 Å². The van der Waals surface area contributed by atoms with E-state index in [0.29, 0.717) is 11.1 Å². The van der Waals surface area contributed by atoms with Gasteiger partial charge < -0.3 is 9.13 Å². The number of aromatic nitrogens is 2. The van der Waals surface area contributed by atoms with E-state index in [4.69, 9.17) is 0 Å². The SMILES string of the molecule is N#Cc1ccc(-n2c3ccccc3c3cccc(-c4ccccc4-c4cccc5c6cc(C#N)ccc6n(-c6ccccc6)c45)c32)cc1. The van der Waals surface area contributed by atoms with Gasteiger partial charge in [-0.2, -0.15) is 10.5 Å². The molecule has 2 aromatic heterocycles. The Hall–Kier alpha value is -6.88. The van der Waals surface area contributed by atoms with Crippen LogP contribution >= 0.6 is 0 Å². The molecule has 0 aliphatic rings. The predicted octanol–water partition coefficient (Wildman–Crippen LogP) is 11.0. The van der Waals surface area contributed by atoms with Gasteiger partial charge in [-0.3, -0.25) is 0 Å². The van der Waals surface area contributed by atoms with Crippen molar-refractivity contribution in [2.45, 2.75) is 0 Å². The quantitative estimate of drug-likeness (QED) is 0.199. The first kappa shape index (κ1) is 27.4. The molecule has 0 radical (unpaired) electrons. The van der Waals surface area contributed by atoms with E-state index in [-0.39, 0.29) is 0 Å². The number of rotatable bonds is 4. The summed E-state index contributed by atoms with van der Waals surface area (Å²) in [6.45, 7) is 0. The Morgan fingerprint density at radius 1 is 0.354 bits per heavy atom. The molecular formula is C44H26N4. The Bertz CT molecular complexity index is 2790. The summed E-state index contributed by atoms with van der Waals surface area (Å²) in [5.41, 5.74) is 12.2. The summed E-state index contributed by atoms with van der Waals surface area (Å²) >= 11 is 0. The van der Waals surface area contributed by atoms with Gasteiger partial charge in [0, 0.05) is 44.0 Å². The van der Waals surface area contributed by atoms with Gasteiger partial charge in [0.05, 0.1) is 45.3 Å². The molecule has 0 spiro atoms. The van der Waals surface area contributed by atoms with E-state index in [9.17, 15) is 10.5 Å². The second kappa shape index (κ2) is 10.9. The standard InChI is InChI=1S/C44H26N4/c45-27-29-20-23-32(24-21-29)48-41-19-7-6-14-35(41)38-17-8-15-36(43(38)48)33-12-4-5-13-34(33)37-16-9-18-39-40-26-30(28-46)22-25-42(40)47(44(37)39)31-10-2-1-3-11-31/h1-26H. The van der Waals surface area contributed by atoms with Gasteiger partial charge in [0.25, 0.3) is 0 Å². The molecule has 0 aliphatic carbocycles. The fourth-order valence-electron chi connectivity index (χ4n) is 7.34. The maximum atomic E-state index is 9.78. The van der Waals surface area contributed by atoms with Crippen molar-refractivity contribution in [1.29, 1.82) is 10.5 Å². The first-order valence-electron chi connectivity index (χ1n) is 15.9. The van der Waals surface area contributed by atoms with E-state index in [1.54, 1.807) is 0 Å². The highest BCUT2D eigenvalue weighted by molar-refractivity contribution is 6.17. The number of hydrogen-bond acceptors (Lipinski definition) is 2. The summed E-state index contributed by atoms with van der Waals surface area (Å²) in [5, 5.41) is 23.8. The van der Waals surface area contributed by atoms with Gasteiger partial charge in [0.2, 0.25) is 0 Å². The van der Waals surface area contributed by atoms with Crippen molar-refractivity contribution in [1.82, 2.24) is 9.13 Å². The van der Waals surface area contributed by atoms with Crippen LogP contribution in [0.1, 0.15) is 11.1 Å². The van der Waals surface area contributed by atoms with Crippen LogP contribution in [-0.2, 0) is 0 Å². The molecule has 0 atom stereocenters. The highest BCUT2D eigenvalue weighted by Crippen LogP contribution is 2.44. The van der Waals surface area contributed by atoms with Crippen LogP contribution in [0.15, 0.2) is 158 Å². The smallest absolute Gasteiger partial charge is 0.0991 e. The van der Waals surface area contributed by atoms with Gasteiger partial charge in [-0.05, 0) is 71.8 Å². The largest absolute Gasteiger partial charge is 0.309 e. The molecule has 222 valence electrons. The van der Waals surface area contributed by atoms with E-state index in [1.807, 2.05) is 42.5 Å². The van der Waals surface area contributed by atoms with Crippen molar-refractivity contribution in [2.75, 3.05) is 0 Å². The molecule has 9 rings (SSSR count). The predicted molar refractivity (Wildman–Crippen MR) is 195 cm³/mol. The third-order valence-electron chi connectivity index (χ3n) is 9.39. The Morgan fingerprint density at radius 2 is 0.833 bits per heavy atom. The lowest BCUT2D eigenvalue weighted by molar-refractivity contribution is 1.18. The monoisotopic (exact) mass is 610 g/mol. The minimum absolute atomic E-state index is 0.633. The molecule has 0 fully saturated rings. The molecule has 9 aromatic rings. The molecule has 0 amide bonds. The van der Waals surface area contributed by atoms with Crippen LogP contribution in [0.5, 0.6) is 0 Å². The molecular weight excluding hydrogens is 585 g/mol. The van der Waals surface area contributed by atoms with Gasteiger partial charge in [0.15, 0.2) is 0 Å². The number of nitriles is 2. The van der Waals surface area contributed by atoms with Crippen molar-refractivity contribution in [2.24, 2.45) is 0 Å². The van der Waals surface area contributed by atoms with Crippen LogP contribution in [0.3, 0.4) is 0 Å². The van der Waals surface area contributed by atoms with Crippen LogP contribution < -0.4 is 0 Å². The number of nitrogens with zero attached hydrogens (tertiary/aromatic N) is 4. The summed E-state index contributed by atoms with van der Waals surface area (Å²) in [6.07, 6.45) is 0. The van der Waals surface area contributed by atoms with E-state index < -0.39 is 0 Å². The summed E-state index contributed by atoms with van der Waals surface area (Å²) < 4.78 is 4.65. The molecule has 0 aliphatic heterocycles. The molecule has 7 aromatic carbocycles. The first-order chi connectivity index (χ1) is 23.7. The van der Waals surface area contributed by atoms with Gasteiger partial charge in [0.1, 0.15) is 0 Å². The van der Waals surface area contributed by atoms with Gasteiger partial charge in [-0.15, -0.1) is 0 Å². The highest BCUT2D eigenvalue weighted by Gasteiger charge is 2.21. The van der Waals surface area contributed by atoms with Crippen LogP contribution in [0.25, 0.3) is 77.2 Å². The van der Waals surface area contributed by atoms with Gasteiger partial charge in [-0.1, -0.05) is 97.1 Å². The van der Waals surface area contributed by atoms with Crippen LogP contribution in [0.2, 0.25) is 0 Å². The molecule has 0 unspecified atom stereocenters. The molecule has 0 N–H and O–H groups in total. The average Bonchev–Trinajstić information content (AvgIpc) is 3.68. The summed E-state index contributed by atoms with van der Waals surface area (Å²) in [5.74, 6) is 0. The van der Waals surface area contributed by atoms with Crippen LogP contribution in [0, 0.1) is 22.7 Å². The summed E-state index contributed by atoms with van der Waals surface area (Å²) in [7, 11) is 0. The van der Waals surface area contributed by atoms with Crippen molar-refractivity contribution in [3.05, 3.63) is 169 Å². The lowest BCUT2D eigenvalue weighted by Gasteiger charge is -2.17. The molecule has 0 bridgehead atoms. The van der Waals surface area contributed by atoms with Gasteiger partial charge >= 0.3 is 0 Å². The molecule has 2 heterocycles. The summed E-state index contributed by atoms with van der Waals surface area (Å²) in [6, 6.07) is 59.0. The number of para-hydroxylation sites is 4. The topological polar surface area (TPSA) is 57.4 Å². The van der Waals surface area contributed by atoms with Crippen molar-refractivity contribution >= 4 is 43.6 Å². The lowest BCUT2D eigenvalue weighted by Crippen LogP contribution is -1.97. The Morgan fingerprint density at radius 3 is 1.48 bits per heavy atom. The van der Waals surface area contributed by atoms with Crippen molar-refractivity contribution in [3.63, 3.8) is 0 Å². The maximum Gasteiger partial charge on any atom is 0.0991 e. The van der Waals surface area contributed by atoms with Crippen molar-refractivity contribution in [3.8, 4) is 45.8 Å². The molecule has 0 saturated carbocycles. The van der Waals surface area contributed by atoms with E-state index in [2.05, 4.69) is 137 Å². The number of fused-ring (bicyclic) bond motifs is 6. The number of hydrogen-bond donors (Lipinski definition) is 0. The lowest BCUT2D eigenvalue weighted by atomic mass is 9.92. The molecule has 48 heavy (non-hydrogen) atoms. The molecule has 4 nitrogen and oxygen atoms in total. The summed E-state index contributed by atoms with van der Waals surface area (Å²) in [4.78, 5) is 0. The average molecular weight is 611 g/mol. The van der Waals surface area contributed by atoms with E-state index in [1.165, 1.54) is 10.8 Å². The zero-order valence-electron chi connectivity index (χ0n) is 25.8. The Kier molecular flexibility index (Phi) is 6.22. The maximum absolute atomic E-state index is 9.78. The molecule has 4 heteroatoms. The zero-order chi connectivity index (χ0) is 32.2. The van der Waals surface area contributed by atoms with E-state index >= 15 is 0 Å². The Labute approximate surface area is 277 Å². The second-order valence-corrected chi connectivity index (χ2v) is 12.0. The number of benzene rings is 7. The zero-order valence-corrected chi connectivity index (χ0v) is 25.8. The van der Waals surface area contributed by atoms with Gasteiger partial charge in [-0.25, -0.2) is 0 Å². The Balaban J connectivity index is 1.38. The minimum Gasteiger partial charge on any atom is -0.309 e. The third kappa shape index (κ3) is 4.07. The first-order valence-corrected chi connectivity index (χ1v) is 15.9. The van der Waals surface area contributed by atoms with Crippen molar-refractivity contribution < 1.29 is 0 Å².